The lowest BCUT2D eigenvalue weighted by molar-refractivity contribution is -0.132. The Morgan fingerprint density at radius 3 is 2.30 bits per heavy atom. The van der Waals surface area contributed by atoms with E-state index in [9.17, 15) is 14.4 Å². The number of aromatic nitrogens is 2. The summed E-state index contributed by atoms with van der Waals surface area (Å²) in [4.78, 5) is 40.0. The molecular formula is C19H24N4O4. The van der Waals surface area contributed by atoms with Crippen LogP contribution >= 0.6 is 0 Å². The molecule has 27 heavy (non-hydrogen) atoms. The number of nitrogens with zero attached hydrogens (tertiary/aromatic N) is 3. The largest absolute Gasteiger partial charge is 0.444 e. The Kier molecular flexibility index (Phi) is 5.16. The fourth-order valence-corrected chi connectivity index (χ4v) is 3.03. The summed E-state index contributed by atoms with van der Waals surface area (Å²) in [6.07, 6.45) is -0.258. The highest BCUT2D eigenvalue weighted by atomic mass is 16.6. The minimum atomic E-state index is -0.541. The molecule has 2 amide bonds. The SMILES string of the molecule is CC(C)(C)OC(=O)N1CCN(C(=O)Cc2n[nH]c(=O)c3ccccc23)CC1. The van der Waals surface area contributed by atoms with Crippen molar-refractivity contribution >= 4 is 22.8 Å². The second-order valence-electron chi connectivity index (χ2n) is 7.57. The maximum atomic E-state index is 12.7. The van der Waals surface area contributed by atoms with Crippen molar-refractivity contribution in [3.63, 3.8) is 0 Å². The van der Waals surface area contributed by atoms with Gasteiger partial charge >= 0.3 is 6.09 Å². The highest BCUT2D eigenvalue weighted by Crippen LogP contribution is 2.15. The average Bonchev–Trinajstić information content (AvgIpc) is 2.63. The summed E-state index contributed by atoms with van der Waals surface area (Å²) in [5.74, 6) is -0.0801. The molecule has 1 fully saturated rings. The van der Waals surface area contributed by atoms with Crippen molar-refractivity contribution in [2.75, 3.05) is 26.2 Å². The molecular weight excluding hydrogens is 348 g/mol. The Balaban J connectivity index is 1.63. The van der Waals surface area contributed by atoms with E-state index in [-0.39, 0.29) is 24.0 Å². The van der Waals surface area contributed by atoms with Gasteiger partial charge in [-0.3, -0.25) is 9.59 Å². The topological polar surface area (TPSA) is 95.6 Å². The number of carbonyl (C=O) groups excluding carboxylic acids is 2. The van der Waals surface area contributed by atoms with Crippen molar-refractivity contribution in [1.82, 2.24) is 20.0 Å². The van der Waals surface area contributed by atoms with Crippen LogP contribution in [0.5, 0.6) is 0 Å². The van der Waals surface area contributed by atoms with Gasteiger partial charge in [-0.25, -0.2) is 9.89 Å². The number of amides is 2. The van der Waals surface area contributed by atoms with E-state index in [4.69, 9.17) is 4.74 Å². The Morgan fingerprint density at radius 2 is 1.67 bits per heavy atom. The monoisotopic (exact) mass is 372 g/mol. The van der Waals surface area contributed by atoms with Gasteiger partial charge in [0.15, 0.2) is 0 Å². The molecule has 0 spiro atoms. The van der Waals surface area contributed by atoms with Crippen LogP contribution in [0.1, 0.15) is 26.5 Å². The second-order valence-corrected chi connectivity index (χ2v) is 7.57. The Bertz CT molecular complexity index is 908. The molecule has 1 aromatic carbocycles. The van der Waals surface area contributed by atoms with Crippen LogP contribution in [-0.4, -0.2) is 63.8 Å². The fraction of sp³-hybridized carbons (Fsp3) is 0.474. The number of aromatic amines is 1. The van der Waals surface area contributed by atoms with E-state index in [0.29, 0.717) is 42.6 Å². The summed E-state index contributed by atoms with van der Waals surface area (Å²) in [7, 11) is 0. The van der Waals surface area contributed by atoms with Gasteiger partial charge in [0.05, 0.1) is 17.5 Å². The van der Waals surface area contributed by atoms with Crippen LogP contribution < -0.4 is 5.56 Å². The minimum Gasteiger partial charge on any atom is -0.444 e. The number of ether oxygens (including phenoxy) is 1. The zero-order valence-electron chi connectivity index (χ0n) is 15.8. The predicted octanol–water partition coefficient (Wildman–Crippen LogP) is 1.54. The van der Waals surface area contributed by atoms with Crippen molar-refractivity contribution in [2.24, 2.45) is 0 Å². The van der Waals surface area contributed by atoms with E-state index in [2.05, 4.69) is 10.2 Å². The number of rotatable bonds is 2. The van der Waals surface area contributed by atoms with Crippen LogP contribution in [0.4, 0.5) is 4.79 Å². The summed E-state index contributed by atoms with van der Waals surface area (Å²) in [5, 5.41) is 7.71. The molecule has 0 aliphatic carbocycles. The molecule has 2 heterocycles. The number of hydrogen-bond donors (Lipinski definition) is 1. The highest BCUT2D eigenvalue weighted by molar-refractivity contribution is 5.88. The Labute approximate surface area is 157 Å². The van der Waals surface area contributed by atoms with Crippen LogP contribution in [0.3, 0.4) is 0 Å². The van der Waals surface area contributed by atoms with Crippen molar-refractivity contribution in [1.29, 1.82) is 0 Å². The normalized spacial score (nSPS) is 15.1. The van der Waals surface area contributed by atoms with Gasteiger partial charge in [0, 0.05) is 31.6 Å². The molecule has 1 aromatic heterocycles. The zero-order chi connectivity index (χ0) is 19.6. The van der Waals surface area contributed by atoms with Crippen molar-refractivity contribution in [3.8, 4) is 0 Å². The van der Waals surface area contributed by atoms with Crippen LogP contribution in [0.25, 0.3) is 10.8 Å². The van der Waals surface area contributed by atoms with Gasteiger partial charge in [-0.2, -0.15) is 5.10 Å². The van der Waals surface area contributed by atoms with Crippen molar-refractivity contribution in [3.05, 3.63) is 40.3 Å². The zero-order valence-corrected chi connectivity index (χ0v) is 15.8. The molecule has 0 saturated carbocycles. The molecule has 3 rings (SSSR count). The highest BCUT2D eigenvalue weighted by Gasteiger charge is 2.28. The van der Waals surface area contributed by atoms with Crippen LogP contribution in [-0.2, 0) is 16.0 Å². The maximum Gasteiger partial charge on any atom is 0.410 e. The van der Waals surface area contributed by atoms with Gasteiger partial charge in [-0.15, -0.1) is 0 Å². The number of hydrogen-bond acceptors (Lipinski definition) is 5. The van der Waals surface area contributed by atoms with Gasteiger partial charge in [-0.1, -0.05) is 18.2 Å². The molecule has 1 aliphatic rings. The average molecular weight is 372 g/mol. The van der Waals surface area contributed by atoms with E-state index in [1.807, 2.05) is 26.8 Å². The maximum absolute atomic E-state index is 12.7. The van der Waals surface area contributed by atoms with E-state index < -0.39 is 5.60 Å². The first-order valence-corrected chi connectivity index (χ1v) is 8.96. The first-order chi connectivity index (χ1) is 12.7. The summed E-state index contributed by atoms with van der Waals surface area (Å²) >= 11 is 0. The van der Waals surface area contributed by atoms with Gasteiger partial charge < -0.3 is 14.5 Å². The number of carbonyl (C=O) groups is 2. The summed E-state index contributed by atoms with van der Waals surface area (Å²) in [6.45, 7) is 7.23. The minimum absolute atomic E-state index is 0.0801. The number of piperazine rings is 1. The molecule has 8 heteroatoms. The summed E-state index contributed by atoms with van der Waals surface area (Å²) in [5.41, 5.74) is -0.265. The summed E-state index contributed by atoms with van der Waals surface area (Å²) < 4.78 is 5.37. The van der Waals surface area contributed by atoms with Crippen molar-refractivity contribution < 1.29 is 14.3 Å². The molecule has 1 aliphatic heterocycles. The van der Waals surface area contributed by atoms with E-state index in [1.54, 1.807) is 28.0 Å². The lowest BCUT2D eigenvalue weighted by Gasteiger charge is -2.35. The Morgan fingerprint density at radius 1 is 1.07 bits per heavy atom. The third-order valence-electron chi connectivity index (χ3n) is 4.38. The van der Waals surface area contributed by atoms with E-state index in [1.165, 1.54) is 0 Å². The molecule has 1 saturated heterocycles. The van der Waals surface area contributed by atoms with Gasteiger partial charge in [-0.05, 0) is 26.8 Å². The van der Waals surface area contributed by atoms with E-state index >= 15 is 0 Å². The second kappa shape index (κ2) is 7.38. The first-order valence-electron chi connectivity index (χ1n) is 8.96. The smallest absolute Gasteiger partial charge is 0.410 e. The molecule has 2 aromatic rings. The third kappa shape index (κ3) is 4.45. The van der Waals surface area contributed by atoms with Gasteiger partial charge in [0.1, 0.15) is 5.60 Å². The number of nitrogens with one attached hydrogen (secondary N) is 1. The number of H-pyrrole nitrogens is 1. The first kappa shape index (κ1) is 18.9. The summed E-state index contributed by atoms with van der Waals surface area (Å²) in [6, 6.07) is 7.10. The fourth-order valence-electron chi connectivity index (χ4n) is 3.03. The van der Waals surface area contributed by atoms with Crippen LogP contribution in [0.2, 0.25) is 0 Å². The van der Waals surface area contributed by atoms with Crippen LogP contribution in [0, 0.1) is 0 Å². The lowest BCUT2D eigenvalue weighted by atomic mass is 10.1. The van der Waals surface area contributed by atoms with Gasteiger partial charge in [0.25, 0.3) is 5.56 Å². The standard InChI is InChI=1S/C19H24N4O4/c1-19(2,3)27-18(26)23-10-8-22(9-11-23)16(24)12-15-13-6-4-5-7-14(13)17(25)21-20-15/h4-7H,8-12H2,1-3H3,(H,21,25). The van der Waals surface area contributed by atoms with Crippen molar-refractivity contribution in [2.45, 2.75) is 32.8 Å². The number of benzene rings is 1. The Hall–Kier alpha value is -2.90. The quantitative estimate of drug-likeness (QED) is 0.863. The third-order valence-corrected chi connectivity index (χ3v) is 4.38. The lowest BCUT2D eigenvalue weighted by Crippen LogP contribution is -2.52. The number of fused-ring (bicyclic) bond motifs is 1. The molecule has 144 valence electrons. The molecule has 0 bridgehead atoms. The molecule has 0 unspecified atom stereocenters. The molecule has 0 radical (unpaired) electrons. The van der Waals surface area contributed by atoms with E-state index in [0.717, 1.165) is 0 Å². The predicted molar refractivity (Wildman–Crippen MR) is 100 cm³/mol. The van der Waals surface area contributed by atoms with Crippen LogP contribution in [0.15, 0.2) is 29.1 Å². The molecule has 8 nitrogen and oxygen atoms in total. The molecule has 0 atom stereocenters. The van der Waals surface area contributed by atoms with Gasteiger partial charge in [0.2, 0.25) is 5.91 Å². The molecule has 1 N–H and O–H groups in total.